The van der Waals surface area contributed by atoms with Crippen molar-refractivity contribution in [2.75, 3.05) is 0 Å². The van der Waals surface area contributed by atoms with Crippen LogP contribution in [0.15, 0.2) is 29.2 Å². The minimum absolute atomic E-state index is 0.0777. The lowest BCUT2D eigenvalue weighted by Crippen LogP contribution is -2.52. The predicted molar refractivity (Wildman–Crippen MR) is 74.7 cm³/mol. The lowest BCUT2D eigenvalue weighted by molar-refractivity contribution is -0.122. The number of primary amides is 1. The Hall–Kier alpha value is -1.73. The van der Waals surface area contributed by atoms with Crippen LogP contribution >= 0.6 is 0 Å². The maximum Gasteiger partial charge on any atom is 0.241 e. The molecular weight excluding hydrogens is 280 g/mol. The topological polar surface area (TPSA) is 106 Å². The van der Waals surface area contributed by atoms with E-state index in [1.54, 1.807) is 13.0 Å². The number of nitrogens with two attached hydrogens (primary N) is 1. The zero-order valence-electron chi connectivity index (χ0n) is 11.6. The van der Waals surface area contributed by atoms with Gasteiger partial charge < -0.3 is 5.73 Å². The maximum atomic E-state index is 12.2. The van der Waals surface area contributed by atoms with Crippen LogP contribution in [-0.4, -0.2) is 25.6 Å². The molecule has 0 spiro atoms. The van der Waals surface area contributed by atoms with Gasteiger partial charge in [-0.05, 0) is 26.0 Å². The summed E-state index contributed by atoms with van der Waals surface area (Å²) in [6, 6.07) is 5.66. The Morgan fingerprint density at radius 2 is 1.90 bits per heavy atom. The summed E-state index contributed by atoms with van der Waals surface area (Å²) in [4.78, 5) is 22.7. The zero-order valence-corrected chi connectivity index (χ0v) is 12.5. The number of hydrogen-bond donors (Lipinski definition) is 2. The fourth-order valence-corrected chi connectivity index (χ4v) is 2.92. The largest absolute Gasteiger partial charge is 0.368 e. The predicted octanol–water partition coefficient (Wildman–Crippen LogP) is 0.822. The zero-order chi connectivity index (χ0) is 15.6. The molecule has 110 valence electrons. The van der Waals surface area contributed by atoms with E-state index in [4.69, 9.17) is 5.73 Å². The number of rotatable bonds is 6. The Bertz CT molecular complexity index is 636. The number of ketones is 1. The standard InChI is InChI=1S/C13H18N2O4S/c1-4-11(16)9-6-5-7-10(8-9)20(18,19)15-13(2,3)12(14)17/h5-8,15H,4H2,1-3H3,(H2,14,17). The van der Waals surface area contributed by atoms with Crippen molar-refractivity contribution in [1.82, 2.24) is 4.72 Å². The van der Waals surface area contributed by atoms with Crippen LogP contribution in [0.5, 0.6) is 0 Å². The average Bonchev–Trinajstić information content (AvgIpc) is 2.36. The lowest BCUT2D eigenvalue weighted by Gasteiger charge is -2.22. The van der Waals surface area contributed by atoms with Crippen molar-refractivity contribution >= 4 is 21.7 Å². The van der Waals surface area contributed by atoms with Crippen molar-refractivity contribution in [1.29, 1.82) is 0 Å². The average molecular weight is 298 g/mol. The highest BCUT2D eigenvalue weighted by molar-refractivity contribution is 7.89. The van der Waals surface area contributed by atoms with Gasteiger partial charge >= 0.3 is 0 Å². The fraction of sp³-hybridized carbons (Fsp3) is 0.385. The minimum atomic E-state index is -3.93. The van der Waals surface area contributed by atoms with E-state index in [2.05, 4.69) is 4.72 Å². The third-order valence-electron chi connectivity index (χ3n) is 2.79. The van der Waals surface area contributed by atoms with Crippen LogP contribution in [0.4, 0.5) is 0 Å². The van der Waals surface area contributed by atoms with E-state index in [0.717, 1.165) is 0 Å². The highest BCUT2D eigenvalue weighted by Gasteiger charge is 2.31. The van der Waals surface area contributed by atoms with E-state index in [-0.39, 0.29) is 17.1 Å². The van der Waals surface area contributed by atoms with Gasteiger partial charge in [0.25, 0.3) is 0 Å². The van der Waals surface area contributed by atoms with Crippen LogP contribution in [0.3, 0.4) is 0 Å². The van der Waals surface area contributed by atoms with E-state index in [9.17, 15) is 18.0 Å². The van der Waals surface area contributed by atoms with Crippen LogP contribution < -0.4 is 10.5 Å². The molecule has 1 rings (SSSR count). The number of benzene rings is 1. The van der Waals surface area contributed by atoms with Gasteiger partial charge in [0, 0.05) is 12.0 Å². The van der Waals surface area contributed by atoms with Crippen molar-refractivity contribution in [3.63, 3.8) is 0 Å². The van der Waals surface area contributed by atoms with Gasteiger partial charge in [0.15, 0.2) is 5.78 Å². The number of hydrogen-bond acceptors (Lipinski definition) is 4. The highest BCUT2D eigenvalue weighted by atomic mass is 32.2. The monoisotopic (exact) mass is 298 g/mol. The fourth-order valence-electron chi connectivity index (χ4n) is 1.49. The molecule has 0 aromatic heterocycles. The molecule has 7 heteroatoms. The Morgan fingerprint density at radius 1 is 1.30 bits per heavy atom. The summed E-state index contributed by atoms with van der Waals surface area (Å²) in [5.74, 6) is -0.946. The van der Waals surface area contributed by atoms with E-state index in [1.165, 1.54) is 32.0 Å². The molecule has 0 unspecified atom stereocenters. The van der Waals surface area contributed by atoms with Gasteiger partial charge in [-0.15, -0.1) is 0 Å². The van der Waals surface area contributed by atoms with Crippen LogP contribution in [0.25, 0.3) is 0 Å². The first kappa shape index (κ1) is 16.3. The van der Waals surface area contributed by atoms with E-state index < -0.39 is 21.5 Å². The SMILES string of the molecule is CCC(=O)c1cccc(S(=O)(=O)NC(C)(C)C(N)=O)c1. The molecule has 0 saturated carbocycles. The van der Waals surface area contributed by atoms with Crippen molar-refractivity contribution in [3.8, 4) is 0 Å². The van der Waals surface area contributed by atoms with Crippen LogP contribution in [0.1, 0.15) is 37.6 Å². The van der Waals surface area contributed by atoms with Gasteiger partial charge in [0.05, 0.1) is 4.90 Å². The second-order valence-electron chi connectivity index (χ2n) is 4.90. The van der Waals surface area contributed by atoms with Gasteiger partial charge in [0.2, 0.25) is 15.9 Å². The molecule has 20 heavy (non-hydrogen) atoms. The van der Waals surface area contributed by atoms with E-state index in [0.29, 0.717) is 5.56 Å². The van der Waals surface area contributed by atoms with Gasteiger partial charge in [-0.2, -0.15) is 4.72 Å². The van der Waals surface area contributed by atoms with Crippen molar-refractivity contribution in [3.05, 3.63) is 29.8 Å². The molecule has 0 radical (unpaired) electrons. The van der Waals surface area contributed by atoms with Crippen molar-refractivity contribution < 1.29 is 18.0 Å². The lowest BCUT2D eigenvalue weighted by atomic mass is 10.1. The first-order valence-electron chi connectivity index (χ1n) is 6.07. The number of carbonyl (C=O) groups excluding carboxylic acids is 2. The molecule has 1 amide bonds. The van der Waals surface area contributed by atoms with Gasteiger partial charge in [-0.1, -0.05) is 19.1 Å². The van der Waals surface area contributed by atoms with Gasteiger partial charge in [-0.25, -0.2) is 8.42 Å². The summed E-state index contributed by atoms with van der Waals surface area (Å²) in [5, 5.41) is 0. The maximum absolute atomic E-state index is 12.2. The van der Waals surface area contributed by atoms with Crippen molar-refractivity contribution in [2.45, 2.75) is 37.6 Å². The summed E-state index contributed by atoms with van der Waals surface area (Å²) in [6.45, 7) is 4.43. The summed E-state index contributed by atoms with van der Waals surface area (Å²) in [6.07, 6.45) is 0.281. The van der Waals surface area contributed by atoms with E-state index in [1.807, 2.05) is 0 Å². The number of amides is 1. The smallest absolute Gasteiger partial charge is 0.241 e. The molecule has 3 N–H and O–H groups in total. The molecule has 0 aliphatic rings. The van der Waals surface area contributed by atoms with Crippen LogP contribution in [0, 0.1) is 0 Å². The molecule has 0 atom stereocenters. The molecular formula is C13H18N2O4S. The molecule has 0 fully saturated rings. The second kappa shape index (κ2) is 5.72. The first-order valence-corrected chi connectivity index (χ1v) is 7.55. The Labute approximate surface area is 118 Å². The summed E-state index contributed by atoms with van der Waals surface area (Å²) in [5.41, 5.74) is 4.03. The molecule has 1 aromatic rings. The number of Topliss-reactive ketones (excluding diaryl/α,β-unsaturated/α-hetero) is 1. The van der Waals surface area contributed by atoms with Gasteiger partial charge in [0.1, 0.15) is 5.54 Å². The highest BCUT2D eigenvalue weighted by Crippen LogP contribution is 2.15. The molecule has 0 saturated heterocycles. The number of nitrogens with one attached hydrogen (secondary N) is 1. The van der Waals surface area contributed by atoms with Crippen LogP contribution in [-0.2, 0) is 14.8 Å². The van der Waals surface area contributed by atoms with Gasteiger partial charge in [-0.3, -0.25) is 9.59 Å². The molecule has 0 aliphatic heterocycles. The molecule has 0 aliphatic carbocycles. The van der Waals surface area contributed by atoms with Crippen molar-refractivity contribution in [2.24, 2.45) is 5.73 Å². The Morgan fingerprint density at radius 3 is 2.40 bits per heavy atom. The number of sulfonamides is 1. The van der Waals surface area contributed by atoms with Crippen LogP contribution in [0.2, 0.25) is 0 Å². The summed E-state index contributed by atoms with van der Waals surface area (Å²) in [7, 11) is -3.93. The molecule has 1 aromatic carbocycles. The second-order valence-corrected chi connectivity index (χ2v) is 6.58. The third kappa shape index (κ3) is 3.64. The normalized spacial score (nSPS) is 12.2. The third-order valence-corrected chi connectivity index (χ3v) is 4.45. The minimum Gasteiger partial charge on any atom is -0.368 e. The molecule has 0 heterocycles. The summed E-state index contributed by atoms with van der Waals surface area (Å²) >= 11 is 0. The molecule has 0 bridgehead atoms. The summed E-state index contributed by atoms with van der Waals surface area (Å²) < 4.78 is 26.6. The molecule has 6 nitrogen and oxygen atoms in total. The first-order chi connectivity index (χ1) is 9.10. The number of carbonyl (C=O) groups is 2. The Kier molecular flexibility index (Phi) is 4.67. The quantitative estimate of drug-likeness (QED) is 0.758. The Balaban J connectivity index is 3.17. The van der Waals surface area contributed by atoms with E-state index >= 15 is 0 Å².